The standard InChI is InChI=1S/C14H19NO4/c1-10(2)11-3-5-12(6-4-11)14(18)15-7-8-19-9-13(16)17/h3-6,10H,7-9H2,1-2H3,(H,15,18)(H,16,17). The molecular formula is C14H19NO4. The van der Waals surface area contributed by atoms with E-state index in [0.29, 0.717) is 11.5 Å². The number of carbonyl (C=O) groups excluding carboxylic acids is 1. The lowest BCUT2D eigenvalue weighted by Crippen LogP contribution is -2.27. The van der Waals surface area contributed by atoms with Gasteiger partial charge in [-0.25, -0.2) is 4.79 Å². The van der Waals surface area contributed by atoms with Crippen molar-refractivity contribution in [1.82, 2.24) is 5.32 Å². The minimum atomic E-state index is -1.02. The number of benzene rings is 1. The van der Waals surface area contributed by atoms with E-state index >= 15 is 0 Å². The van der Waals surface area contributed by atoms with Crippen molar-refractivity contribution in [2.75, 3.05) is 19.8 Å². The van der Waals surface area contributed by atoms with Crippen LogP contribution in [0.15, 0.2) is 24.3 Å². The second kappa shape index (κ2) is 7.53. The summed E-state index contributed by atoms with van der Waals surface area (Å²) in [6.45, 7) is 4.31. The number of hydrogen-bond acceptors (Lipinski definition) is 3. The lowest BCUT2D eigenvalue weighted by molar-refractivity contribution is -0.142. The van der Waals surface area contributed by atoms with Crippen LogP contribution in [0.5, 0.6) is 0 Å². The van der Waals surface area contributed by atoms with Gasteiger partial charge in [-0.15, -0.1) is 0 Å². The predicted molar refractivity (Wildman–Crippen MR) is 71.3 cm³/mol. The second-order valence-electron chi connectivity index (χ2n) is 4.48. The average Bonchev–Trinajstić information content (AvgIpc) is 2.37. The van der Waals surface area contributed by atoms with Gasteiger partial charge in [-0.1, -0.05) is 26.0 Å². The van der Waals surface area contributed by atoms with Gasteiger partial charge in [-0.05, 0) is 23.6 Å². The van der Waals surface area contributed by atoms with Gasteiger partial charge in [0, 0.05) is 12.1 Å². The molecular weight excluding hydrogens is 246 g/mol. The van der Waals surface area contributed by atoms with Gasteiger partial charge in [0.15, 0.2) is 0 Å². The Hall–Kier alpha value is -1.88. The quantitative estimate of drug-likeness (QED) is 0.735. The molecule has 0 heterocycles. The molecule has 0 bridgehead atoms. The maximum absolute atomic E-state index is 11.7. The number of carboxylic acids is 1. The van der Waals surface area contributed by atoms with E-state index in [1.54, 1.807) is 12.1 Å². The first-order valence-electron chi connectivity index (χ1n) is 6.18. The molecule has 0 atom stereocenters. The van der Waals surface area contributed by atoms with Crippen LogP contribution in [0.4, 0.5) is 0 Å². The highest BCUT2D eigenvalue weighted by atomic mass is 16.5. The summed E-state index contributed by atoms with van der Waals surface area (Å²) >= 11 is 0. The highest BCUT2D eigenvalue weighted by molar-refractivity contribution is 5.94. The second-order valence-corrected chi connectivity index (χ2v) is 4.48. The monoisotopic (exact) mass is 265 g/mol. The highest BCUT2D eigenvalue weighted by Gasteiger charge is 2.06. The molecule has 2 N–H and O–H groups in total. The molecule has 0 aliphatic rings. The Labute approximate surface area is 112 Å². The molecule has 0 aliphatic heterocycles. The van der Waals surface area contributed by atoms with Crippen molar-refractivity contribution in [1.29, 1.82) is 0 Å². The number of rotatable bonds is 7. The molecule has 1 aromatic carbocycles. The first kappa shape index (κ1) is 15.2. The van der Waals surface area contributed by atoms with E-state index < -0.39 is 5.97 Å². The van der Waals surface area contributed by atoms with Crippen molar-refractivity contribution in [2.24, 2.45) is 0 Å². The van der Waals surface area contributed by atoms with Gasteiger partial charge in [0.05, 0.1) is 6.61 Å². The van der Waals surface area contributed by atoms with E-state index in [1.165, 1.54) is 5.56 Å². The van der Waals surface area contributed by atoms with Crippen molar-refractivity contribution < 1.29 is 19.4 Å². The largest absolute Gasteiger partial charge is 0.480 e. The van der Waals surface area contributed by atoms with Crippen LogP contribution in [-0.4, -0.2) is 36.7 Å². The molecule has 1 rings (SSSR count). The Morgan fingerprint density at radius 3 is 2.42 bits per heavy atom. The van der Waals surface area contributed by atoms with Crippen LogP contribution in [0.2, 0.25) is 0 Å². The first-order chi connectivity index (χ1) is 9.00. The molecule has 0 spiro atoms. The fourth-order valence-electron chi connectivity index (χ4n) is 1.52. The van der Waals surface area contributed by atoms with Crippen LogP contribution in [0, 0.1) is 0 Å². The van der Waals surface area contributed by atoms with Gasteiger partial charge in [0.1, 0.15) is 6.61 Å². The number of nitrogens with one attached hydrogen (secondary N) is 1. The van der Waals surface area contributed by atoms with Crippen molar-refractivity contribution >= 4 is 11.9 Å². The molecule has 5 nitrogen and oxygen atoms in total. The lowest BCUT2D eigenvalue weighted by Gasteiger charge is -2.08. The van der Waals surface area contributed by atoms with Gasteiger partial charge in [0.2, 0.25) is 0 Å². The molecule has 5 heteroatoms. The Balaban J connectivity index is 2.35. The number of carbonyl (C=O) groups is 2. The molecule has 0 fully saturated rings. The summed E-state index contributed by atoms with van der Waals surface area (Å²) in [7, 11) is 0. The number of hydrogen-bond donors (Lipinski definition) is 2. The fraction of sp³-hybridized carbons (Fsp3) is 0.429. The molecule has 1 amide bonds. The molecule has 0 unspecified atom stereocenters. The Kier molecular flexibility index (Phi) is 6.02. The average molecular weight is 265 g/mol. The molecule has 0 saturated heterocycles. The molecule has 19 heavy (non-hydrogen) atoms. The van der Waals surface area contributed by atoms with Crippen LogP contribution in [0.3, 0.4) is 0 Å². The summed E-state index contributed by atoms with van der Waals surface area (Å²) in [5.74, 6) is -0.772. The van der Waals surface area contributed by atoms with E-state index in [1.807, 2.05) is 12.1 Å². The van der Waals surface area contributed by atoms with Crippen molar-refractivity contribution in [3.63, 3.8) is 0 Å². The van der Waals surface area contributed by atoms with Crippen LogP contribution in [0.25, 0.3) is 0 Å². The number of amides is 1. The minimum absolute atomic E-state index is 0.183. The molecule has 0 aliphatic carbocycles. The zero-order valence-electron chi connectivity index (χ0n) is 11.2. The SMILES string of the molecule is CC(C)c1ccc(C(=O)NCCOCC(=O)O)cc1. The summed E-state index contributed by atoms with van der Waals surface area (Å²) in [4.78, 5) is 21.9. The van der Waals surface area contributed by atoms with Crippen LogP contribution in [-0.2, 0) is 9.53 Å². The summed E-state index contributed by atoms with van der Waals surface area (Å²) in [6.07, 6.45) is 0. The normalized spacial score (nSPS) is 10.5. The minimum Gasteiger partial charge on any atom is -0.480 e. The zero-order chi connectivity index (χ0) is 14.3. The summed E-state index contributed by atoms with van der Waals surface area (Å²) in [5.41, 5.74) is 1.77. The van der Waals surface area contributed by atoms with E-state index in [2.05, 4.69) is 19.2 Å². The third kappa shape index (κ3) is 5.52. The summed E-state index contributed by atoms with van der Waals surface area (Å²) in [6, 6.07) is 7.42. The van der Waals surface area contributed by atoms with E-state index in [-0.39, 0.29) is 25.7 Å². The molecule has 0 aromatic heterocycles. The third-order valence-corrected chi connectivity index (χ3v) is 2.60. The number of carboxylic acid groups (broad SMARTS) is 1. The smallest absolute Gasteiger partial charge is 0.329 e. The van der Waals surface area contributed by atoms with Gasteiger partial charge >= 0.3 is 5.97 Å². The summed E-state index contributed by atoms with van der Waals surface area (Å²) in [5, 5.41) is 11.0. The van der Waals surface area contributed by atoms with Crippen molar-refractivity contribution in [3.8, 4) is 0 Å². The first-order valence-corrected chi connectivity index (χ1v) is 6.18. The predicted octanol–water partition coefficient (Wildman–Crippen LogP) is 1.64. The molecule has 104 valence electrons. The Bertz CT molecular complexity index is 426. The lowest BCUT2D eigenvalue weighted by atomic mass is 10.0. The van der Waals surface area contributed by atoms with Gasteiger partial charge in [-0.2, -0.15) is 0 Å². The van der Waals surface area contributed by atoms with E-state index in [0.717, 1.165) is 0 Å². The van der Waals surface area contributed by atoms with Crippen LogP contribution in [0.1, 0.15) is 35.7 Å². The third-order valence-electron chi connectivity index (χ3n) is 2.60. The Morgan fingerprint density at radius 1 is 1.26 bits per heavy atom. The summed E-state index contributed by atoms with van der Waals surface area (Å²) < 4.78 is 4.82. The van der Waals surface area contributed by atoms with Gasteiger partial charge < -0.3 is 15.2 Å². The fourth-order valence-corrected chi connectivity index (χ4v) is 1.52. The molecule has 0 saturated carbocycles. The maximum Gasteiger partial charge on any atom is 0.329 e. The van der Waals surface area contributed by atoms with E-state index in [9.17, 15) is 9.59 Å². The van der Waals surface area contributed by atoms with Crippen molar-refractivity contribution in [2.45, 2.75) is 19.8 Å². The van der Waals surface area contributed by atoms with Gasteiger partial charge in [-0.3, -0.25) is 4.79 Å². The number of aliphatic carboxylic acids is 1. The highest BCUT2D eigenvalue weighted by Crippen LogP contribution is 2.14. The van der Waals surface area contributed by atoms with E-state index in [4.69, 9.17) is 9.84 Å². The molecule has 1 aromatic rings. The van der Waals surface area contributed by atoms with Crippen LogP contribution < -0.4 is 5.32 Å². The van der Waals surface area contributed by atoms with Gasteiger partial charge in [0.25, 0.3) is 5.91 Å². The van der Waals surface area contributed by atoms with Crippen molar-refractivity contribution in [3.05, 3.63) is 35.4 Å². The topological polar surface area (TPSA) is 75.6 Å². The zero-order valence-corrected chi connectivity index (χ0v) is 11.2. The molecule has 0 radical (unpaired) electrons. The maximum atomic E-state index is 11.7. The Morgan fingerprint density at radius 2 is 1.89 bits per heavy atom. The number of ether oxygens (including phenoxy) is 1. The van der Waals surface area contributed by atoms with Crippen LogP contribution >= 0.6 is 0 Å².